The van der Waals surface area contributed by atoms with E-state index < -0.39 is 28.6 Å². The van der Waals surface area contributed by atoms with E-state index in [0.29, 0.717) is 16.9 Å². The molecule has 0 aromatic heterocycles. The van der Waals surface area contributed by atoms with E-state index in [1.54, 1.807) is 43.3 Å². The number of benzene rings is 2. The summed E-state index contributed by atoms with van der Waals surface area (Å²) in [5, 5.41) is 10.4. The first-order valence-electron chi connectivity index (χ1n) is 9.25. The second-order valence-electron chi connectivity index (χ2n) is 6.33. The molecule has 0 unspecified atom stereocenters. The minimum atomic E-state index is -0.660. The molecule has 1 heterocycles. The summed E-state index contributed by atoms with van der Waals surface area (Å²) < 4.78 is 10.6. The zero-order chi connectivity index (χ0) is 22.4. The Morgan fingerprint density at radius 1 is 1.19 bits per heavy atom. The van der Waals surface area contributed by atoms with E-state index >= 15 is 0 Å². The Morgan fingerprint density at radius 2 is 1.97 bits per heavy atom. The number of nitro groups is 1. The summed E-state index contributed by atoms with van der Waals surface area (Å²) in [5.74, 6) is -0.811. The van der Waals surface area contributed by atoms with Gasteiger partial charge in [0.15, 0.2) is 0 Å². The maximum atomic E-state index is 12.6. The molecular formula is C21H18N2O7S. The van der Waals surface area contributed by atoms with Crippen molar-refractivity contribution in [3.8, 4) is 5.75 Å². The van der Waals surface area contributed by atoms with Gasteiger partial charge < -0.3 is 9.47 Å². The lowest BCUT2D eigenvalue weighted by atomic mass is 10.1. The lowest BCUT2D eigenvalue weighted by Crippen LogP contribution is -2.34. The van der Waals surface area contributed by atoms with Crippen molar-refractivity contribution in [3.05, 3.63) is 74.7 Å². The van der Waals surface area contributed by atoms with Crippen molar-refractivity contribution in [3.63, 3.8) is 0 Å². The highest BCUT2D eigenvalue weighted by Crippen LogP contribution is 2.34. The summed E-state index contributed by atoms with van der Waals surface area (Å²) in [4.78, 5) is 47.8. The van der Waals surface area contributed by atoms with E-state index in [9.17, 15) is 24.5 Å². The first-order chi connectivity index (χ1) is 14.9. The molecular weight excluding hydrogens is 424 g/mol. The van der Waals surface area contributed by atoms with Crippen LogP contribution in [0, 0.1) is 10.1 Å². The van der Waals surface area contributed by atoms with Crippen LogP contribution in [0.5, 0.6) is 5.75 Å². The van der Waals surface area contributed by atoms with Gasteiger partial charge in [0.2, 0.25) is 0 Å². The van der Waals surface area contributed by atoms with E-state index in [1.807, 2.05) is 0 Å². The standard InChI is InChI=1S/C21H18N2O7S/c1-2-29-19(24)12-22-20(25)18(31-21(22)26)11-15-7-3-4-9-17(15)30-13-14-6-5-8-16(10-14)23(27)28/h3-11H,2,12-13H2,1H3/b18-11-. The van der Waals surface area contributed by atoms with Gasteiger partial charge in [0.05, 0.1) is 16.4 Å². The van der Waals surface area contributed by atoms with Crippen molar-refractivity contribution >= 4 is 40.6 Å². The van der Waals surface area contributed by atoms with Crippen LogP contribution in [0.3, 0.4) is 0 Å². The topological polar surface area (TPSA) is 116 Å². The number of para-hydroxylation sites is 1. The molecule has 0 aliphatic carbocycles. The van der Waals surface area contributed by atoms with Crippen LogP contribution < -0.4 is 4.74 Å². The Labute approximate surface area is 181 Å². The number of esters is 1. The first kappa shape index (κ1) is 22.0. The fourth-order valence-electron chi connectivity index (χ4n) is 2.77. The molecule has 1 fully saturated rings. The molecule has 0 N–H and O–H groups in total. The van der Waals surface area contributed by atoms with Crippen molar-refractivity contribution in [2.75, 3.05) is 13.2 Å². The molecule has 0 bridgehead atoms. The highest BCUT2D eigenvalue weighted by atomic mass is 32.2. The molecule has 1 saturated heterocycles. The average Bonchev–Trinajstić information content (AvgIpc) is 3.01. The third-order valence-electron chi connectivity index (χ3n) is 4.19. The number of carbonyl (C=O) groups excluding carboxylic acids is 3. The van der Waals surface area contributed by atoms with E-state index in [1.165, 1.54) is 18.2 Å². The van der Waals surface area contributed by atoms with Crippen molar-refractivity contribution in [1.29, 1.82) is 0 Å². The number of thioether (sulfide) groups is 1. The molecule has 0 saturated carbocycles. The zero-order valence-corrected chi connectivity index (χ0v) is 17.3. The van der Waals surface area contributed by atoms with Crippen molar-refractivity contribution in [2.45, 2.75) is 13.5 Å². The quantitative estimate of drug-likeness (QED) is 0.262. The predicted octanol–water partition coefficient (Wildman–Crippen LogP) is 3.77. The number of non-ortho nitro benzene ring substituents is 1. The number of ether oxygens (including phenoxy) is 2. The molecule has 1 aliphatic rings. The van der Waals surface area contributed by atoms with Gasteiger partial charge in [-0.3, -0.25) is 29.4 Å². The molecule has 0 spiro atoms. The number of hydrogen-bond donors (Lipinski definition) is 0. The third kappa shape index (κ3) is 5.48. The van der Waals surface area contributed by atoms with Crippen LogP contribution in [0.1, 0.15) is 18.1 Å². The summed E-state index contributed by atoms with van der Waals surface area (Å²) in [6.45, 7) is 1.42. The molecule has 1 aliphatic heterocycles. The lowest BCUT2D eigenvalue weighted by Gasteiger charge is -2.11. The number of carbonyl (C=O) groups is 3. The molecule has 2 aromatic rings. The highest BCUT2D eigenvalue weighted by Gasteiger charge is 2.36. The fraction of sp³-hybridized carbons (Fsp3) is 0.190. The van der Waals surface area contributed by atoms with Crippen LogP contribution in [0.25, 0.3) is 6.08 Å². The molecule has 0 radical (unpaired) electrons. The minimum Gasteiger partial charge on any atom is -0.488 e. The maximum Gasteiger partial charge on any atom is 0.326 e. The monoisotopic (exact) mass is 442 g/mol. The normalized spacial score (nSPS) is 14.7. The van der Waals surface area contributed by atoms with E-state index in [-0.39, 0.29) is 23.8 Å². The van der Waals surface area contributed by atoms with Crippen molar-refractivity contribution < 1.29 is 28.8 Å². The second-order valence-corrected chi connectivity index (χ2v) is 7.32. The Morgan fingerprint density at radius 3 is 2.71 bits per heavy atom. The van der Waals surface area contributed by atoms with Gasteiger partial charge in [-0.1, -0.05) is 30.3 Å². The van der Waals surface area contributed by atoms with Gasteiger partial charge in [-0.2, -0.15) is 0 Å². The van der Waals surface area contributed by atoms with Gasteiger partial charge in [0, 0.05) is 17.7 Å². The smallest absolute Gasteiger partial charge is 0.326 e. The van der Waals surface area contributed by atoms with Gasteiger partial charge >= 0.3 is 5.97 Å². The van der Waals surface area contributed by atoms with E-state index in [2.05, 4.69) is 0 Å². The zero-order valence-electron chi connectivity index (χ0n) is 16.5. The first-order valence-corrected chi connectivity index (χ1v) is 10.1. The number of imide groups is 1. The van der Waals surface area contributed by atoms with Crippen LogP contribution in [0.15, 0.2) is 53.4 Å². The average molecular weight is 442 g/mol. The van der Waals surface area contributed by atoms with Crippen LogP contribution in [0.4, 0.5) is 10.5 Å². The van der Waals surface area contributed by atoms with E-state index in [4.69, 9.17) is 9.47 Å². The molecule has 3 rings (SSSR count). The predicted molar refractivity (Wildman–Crippen MR) is 113 cm³/mol. The molecule has 31 heavy (non-hydrogen) atoms. The SMILES string of the molecule is CCOC(=O)CN1C(=O)S/C(=C\c2ccccc2OCc2cccc([N+](=O)[O-])c2)C1=O. The number of hydrogen-bond acceptors (Lipinski definition) is 8. The number of nitro benzene ring substituents is 1. The van der Waals surface area contributed by atoms with Crippen molar-refractivity contribution in [2.24, 2.45) is 0 Å². The van der Waals surface area contributed by atoms with E-state index in [0.717, 1.165) is 16.7 Å². The molecule has 160 valence electrons. The Hall–Kier alpha value is -3.66. The van der Waals surface area contributed by atoms with Crippen LogP contribution in [0.2, 0.25) is 0 Å². The number of rotatable bonds is 8. The van der Waals surface area contributed by atoms with Gasteiger partial charge in [0.1, 0.15) is 18.9 Å². The van der Waals surface area contributed by atoms with Crippen molar-refractivity contribution in [1.82, 2.24) is 4.90 Å². The Kier molecular flexibility index (Phi) is 7.03. The van der Waals surface area contributed by atoms with Gasteiger partial charge in [-0.15, -0.1) is 0 Å². The summed E-state index contributed by atoms with van der Waals surface area (Å²) >= 11 is 0.725. The summed E-state index contributed by atoms with van der Waals surface area (Å²) in [6, 6.07) is 13.0. The molecule has 10 heteroatoms. The maximum absolute atomic E-state index is 12.6. The van der Waals surface area contributed by atoms with Gasteiger partial charge in [0.25, 0.3) is 16.8 Å². The van der Waals surface area contributed by atoms with Crippen LogP contribution >= 0.6 is 11.8 Å². The number of nitrogens with zero attached hydrogens (tertiary/aromatic N) is 2. The largest absolute Gasteiger partial charge is 0.488 e. The van der Waals surface area contributed by atoms with Crippen LogP contribution in [-0.4, -0.2) is 40.1 Å². The molecule has 0 atom stereocenters. The number of amides is 2. The summed E-state index contributed by atoms with van der Waals surface area (Å²) in [7, 11) is 0. The fourth-order valence-corrected chi connectivity index (χ4v) is 3.59. The van der Waals surface area contributed by atoms with Crippen LogP contribution in [-0.2, 0) is 20.9 Å². The summed E-state index contributed by atoms with van der Waals surface area (Å²) in [6.07, 6.45) is 1.51. The van der Waals surface area contributed by atoms with Gasteiger partial charge in [-0.25, -0.2) is 0 Å². The summed E-state index contributed by atoms with van der Waals surface area (Å²) in [5.41, 5.74) is 1.12. The minimum absolute atomic E-state index is 0.0374. The lowest BCUT2D eigenvalue weighted by molar-refractivity contribution is -0.384. The third-order valence-corrected chi connectivity index (χ3v) is 5.09. The second kappa shape index (κ2) is 9.90. The highest BCUT2D eigenvalue weighted by molar-refractivity contribution is 8.18. The molecule has 2 amide bonds. The molecule has 2 aromatic carbocycles. The Bertz CT molecular complexity index is 1070. The Balaban J connectivity index is 1.76. The molecule has 9 nitrogen and oxygen atoms in total. The van der Waals surface area contributed by atoms with Gasteiger partial charge in [-0.05, 0) is 36.4 Å².